The Balaban J connectivity index is 1.17. The topological polar surface area (TPSA) is 88.6 Å². The molecule has 0 unspecified atom stereocenters. The van der Waals surface area contributed by atoms with Gasteiger partial charge in [-0.05, 0) is 42.5 Å². The van der Waals surface area contributed by atoms with Crippen molar-refractivity contribution in [2.45, 2.75) is 44.6 Å². The first kappa shape index (κ1) is 30.3. The summed E-state index contributed by atoms with van der Waals surface area (Å²) >= 11 is 0. The molecular formula is C38H37N3O6. The number of fused-ring (bicyclic) bond motifs is 5. The molecule has 0 saturated carbocycles. The van der Waals surface area contributed by atoms with Crippen molar-refractivity contribution in [1.82, 2.24) is 9.80 Å². The molecule has 7 rings (SSSR count). The molecule has 1 saturated heterocycles. The van der Waals surface area contributed by atoms with Gasteiger partial charge in [0.05, 0.1) is 24.4 Å². The molecule has 1 aliphatic carbocycles. The lowest BCUT2D eigenvalue weighted by molar-refractivity contribution is -0.122. The number of anilines is 1. The van der Waals surface area contributed by atoms with Crippen molar-refractivity contribution in [3.05, 3.63) is 113 Å². The first-order chi connectivity index (χ1) is 22.9. The Morgan fingerprint density at radius 1 is 0.894 bits per heavy atom. The van der Waals surface area contributed by atoms with Gasteiger partial charge >= 0.3 is 6.09 Å². The van der Waals surface area contributed by atoms with Gasteiger partial charge in [0.25, 0.3) is 5.91 Å². The number of nitrogens with zero attached hydrogens (tertiary/aromatic N) is 3. The lowest BCUT2D eigenvalue weighted by Crippen LogP contribution is -2.50. The minimum atomic E-state index is -0.888. The van der Waals surface area contributed by atoms with Gasteiger partial charge in [0.2, 0.25) is 5.91 Å². The average Bonchev–Trinajstić information content (AvgIpc) is 3.68. The number of carbonyl (C=O) groups is 3. The van der Waals surface area contributed by atoms with Crippen molar-refractivity contribution in [2.75, 3.05) is 32.1 Å². The van der Waals surface area contributed by atoms with Crippen LogP contribution < -0.4 is 14.4 Å². The zero-order valence-electron chi connectivity index (χ0n) is 26.7. The number of hydrogen-bond donors (Lipinski definition) is 0. The Morgan fingerprint density at radius 3 is 2.23 bits per heavy atom. The molecule has 0 radical (unpaired) electrons. The lowest BCUT2D eigenvalue weighted by atomic mass is 10.1. The highest BCUT2D eigenvalue weighted by Gasteiger charge is 2.41. The van der Waals surface area contributed by atoms with Crippen LogP contribution >= 0.6 is 0 Å². The lowest BCUT2D eigenvalue weighted by Gasteiger charge is -2.32. The summed E-state index contributed by atoms with van der Waals surface area (Å²) in [6, 6.07) is 27.8. The van der Waals surface area contributed by atoms with E-state index in [0.29, 0.717) is 35.8 Å². The van der Waals surface area contributed by atoms with Crippen molar-refractivity contribution in [3.63, 3.8) is 0 Å². The molecule has 2 aliphatic heterocycles. The number of likely N-dealkylation sites (N-methyl/N-ethyl adjacent to an activating group) is 1. The highest BCUT2D eigenvalue weighted by molar-refractivity contribution is 6.08. The van der Waals surface area contributed by atoms with Crippen LogP contribution in [0.3, 0.4) is 0 Å². The van der Waals surface area contributed by atoms with Gasteiger partial charge in [-0.15, -0.1) is 0 Å². The highest BCUT2D eigenvalue weighted by Crippen LogP contribution is 2.45. The molecule has 3 amide bonds. The molecule has 3 aliphatic rings. The smallest absolute Gasteiger partial charge is 0.411 e. The predicted octanol–water partition coefficient (Wildman–Crippen LogP) is 6.45. The zero-order valence-corrected chi connectivity index (χ0v) is 26.7. The second-order valence-electron chi connectivity index (χ2n) is 12.3. The molecule has 9 nitrogen and oxygen atoms in total. The quantitative estimate of drug-likeness (QED) is 0.233. The first-order valence-corrected chi connectivity index (χ1v) is 16.0. The number of ether oxygens (including phenoxy) is 3. The van der Waals surface area contributed by atoms with E-state index in [4.69, 9.17) is 14.2 Å². The fourth-order valence-electron chi connectivity index (χ4n) is 6.89. The summed E-state index contributed by atoms with van der Waals surface area (Å²) in [6.45, 7) is 2.89. The molecule has 240 valence electrons. The molecule has 4 aromatic carbocycles. The van der Waals surface area contributed by atoms with Crippen LogP contribution in [0.2, 0.25) is 0 Å². The molecule has 47 heavy (non-hydrogen) atoms. The maximum absolute atomic E-state index is 14.4. The molecule has 0 N–H and O–H groups in total. The Hall–Kier alpha value is -5.31. The maximum atomic E-state index is 14.4. The van der Waals surface area contributed by atoms with Gasteiger partial charge in [-0.3, -0.25) is 14.5 Å². The zero-order chi connectivity index (χ0) is 32.7. The molecule has 9 heteroatoms. The van der Waals surface area contributed by atoms with Crippen LogP contribution in [0.25, 0.3) is 11.1 Å². The standard InChI is InChI=1S/C38H37N3O6/c1-24(39(2)38(44)47-35-29-17-9-7-15-27(29)28-16-8-10-18-30(28)35)36(42)41-22-26-14-11-19-40(26)37(43)31-20-33(45-3)34(21-32(31)41)46-23-25-12-5-4-6-13-25/h4-10,12-13,15-18,20-21,24,26,35H,11,14,19,22-23H2,1-3H3/t24-,26-/m0/s1. The van der Waals surface area contributed by atoms with E-state index in [1.165, 1.54) is 12.0 Å². The van der Waals surface area contributed by atoms with Crippen molar-refractivity contribution in [3.8, 4) is 22.6 Å². The third-order valence-corrected chi connectivity index (χ3v) is 9.56. The second-order valence-corrected chi connectivity index (χ2v) is 12.3. The normalized spacial score (nSPS) is 17.2. The van der Waals surface area contributed by atoms with Crippen LogP contribution in [0.4, 0.5) is 10.5 Å². The number of methoxy groups -OCH3 is 1. The number of benzene rings is 4. The van der Waals surface area contributed by atoms with Crippen LogP contribution in [0, 0.1) is 0 Å². The van der Waals surface area contributed by atoms with Gasteiger partial charge in [-0.2, -0.15) is 0 Å². The number of amides is 3. The van der Waals surface area contributed by atoms with Crippen molar-refractivity contribution in [2.24, 2.45) is 0 Å². The summed E-state index contributed by atoms with van der Waals surface area (Å²) in [4.78, 5) is 46.8. The fraction of sp³-hybridized carbons (Fsp3) is 0.289. The minimum absolute atomic E-state index is 0.144. The van der Waals surface area contributed by atoms with E-state index in [2.05, 4.69) is 0 Å². The van der Waals surface area contributed by atoms with Gasteiger partial charge in [-0.25, -0.2) is 4.79 Å². The predicted molar refractivity (Wildman–Crippen MR) is 178 cm³/mol. The summed E-state index contributed by atoms with van der Waals surface area (Å²) < 4.78 is 17.9. The van der Waals surface area contributed by atoms with Gasteiger partial charge in [-0.1, -0.05) is 78.9 Å². The Labute approximate surface area is 274 Å². The molecule has 1 fully saturated rings. The summed E-state index contributed by atoms with van der Waals surface area (Å²) in [5, 5.41) is 0. The number of rotatable bonds is 7. The largest absolute Gasteiger partial charge is 0.493 e. The van der Waals surface area contributed by atoms with Crippen molar-refractivity contribution in [1.29, 1.82) is 0 Å². The maximum Gasteiger partial charge on any atom is 0.411 e. The van der Waals surface area contributed by atoms with Gasteiger partial charge in [0.1, 0.15) is 12.6 Å². The number of hydrogen-bond acceptors (Lipinski definition) is 6. The van der Waals surface area contributed by atoms with Crippen LogP contribution in [0.5, 0.6) is 11.5 Å². The molecule has 0 spiro atoms. The molecule has 2 atom stereocenters. The van der Waals surface area contributed by atoms with Crippen LogP contribution in [-0.2, 0) is 16.1 Å². The van der Waals surface area contributed by atoms with E-state index in [1.54, 1.807) is 31.0 Å². The Kier molecular flexibility index (Phi) is 8.05. The van der Waals surface area contributed by atoms with Crippen LogP contribution in [0.1, 0.15) is 52.9 Å². The Bertz CT molecular complexity index is 1800. The minimum Gasteiger partial charge on any atom is -0.493 e. The van der Waals surface area contributed by atoms with Crippen molar-refractivity contribution >= 4 is 23.6 Å². The third kappa shape index (κ3) is 5.45. The Morgan fingerprint density at radius 2 is 1.55 bits per heavy atom. The molecular weight excluding hydrogens is 594 g/mol. The molecule has 0 bridgehead atoms. The van der Waals surface area contributed by atoms with E-state index in [-0.39, 0.29) is 24.5 Å². The monoisotopic (exact) mass is 631 g/mol. The summed E-state index contributed by atoms with van der Waals surface area (Å²) in [7, 11) is 3.11. The summed E-state index contributed by atoms with van der Waals surface area (Å²) in [5.74, 6) is 0.356. The molecule has 4 aromatic rings. The average molecular weight is 632 g/mol. The van der Waals surface area contributed by atoms with Crippen molar-refractivity contribution < 1.29 is 28.6 Å². The SMILES string of the molecule is COc1cc2c(cc1OCc1ccccc1)N(C(=O)[C@H](C)N(C)C(=O)OC1c3ccccc3-c3ccccc31)C[C@@H]1CCCN1C2=O. The van der Waals surface area contributed by atoms with E-state index in [9.17, 15) is 14.4 Å². The van der Waals surface area contributed by atoms with E-state index < -0.39 is 18.2 Å². The third-order valence-electron chi connectivity index (χ3n) is 9.56. The van der Waals surface area contributed by atoms with Gasteiger partial charge < -0.3 is 24.0 Å². The first-order valence-electron chi connectivity index (χ1n) is 16.0. The summed E-state index contributed by atoms with van der Waals surface area (Å²) in [5.41, 5.74) is 5.64. The summed E-state index contributed by atoms with van der Waals surface area (Å²) in [6.07, 6.45) is 0.442. The molecule has 0 aromatic heterocycles. The van der Waals surface area contributed by atoms with E-state index in [0.717, 1.165) is 40.7 Å². The number of carbonyl (C=O) groups excluding carboxylic acids is 3. The van der Waals surface area contributed by atoms with Gasteiger partial charge in [0, 0.05) is 37.3 Å². The highest BCUT2D eigenvalue weighted by atomic mass is 16.6. The van der Waals surface area contributed by atoms with Crippen LogP contribution in [0.15, 0.2) is 91.0 Å². The second kappa shape index (κ2) is 12.5. The van der Waals surface area contributed by atoms with Gasteiger partial charge in [0.15, 0.2) is 17.6 Å². The van der Waals surface area contributed by atoms with E-state index in [1.807, 2.05) is 83.8 Å². The van der Waals surface area contributed by atoms with E-state index >= 15 is 0 Å². The fourth-order valence-corrected chi connectivity index (χ4v) is 6.89. The van der Waals surface area contributed by atoms with Crippen LogP contribution in [-0.4, -0.2) is 67.0 Å². The molecule has 2 heterocycles.